The number of anilines is 1. The molecule has 116 valence electrons. The van der Waals surface area contributed by atoms with Crippen molar-refractivity contribution < 1.29 is 9.59 Å². The lowest BCUT2D eigenvalue weighted by Crippen LogP contribution is -2.34. The maximum atomic E-state index is 12.2. The van der Waals surface area contributed by atoms with Gasteiger partial charge in [-0.05, 0) is 34.1 Å². The van der Waals surface area contributed by atoms with Crippen molar-refractivity contribution in [3.8, 4) is 0 Å². The molecule has 0 aliphatic rings. The van der Waals surface area contributed by atoms with Crippen molar-refractivity contribution in [1.82, 2.24) is 4.90 Å². The van der Waals surface area contributed by atoms with Gasteiger partial charge in [0, 0.05) is 11.5 Å². The summed E-state index contributed by atoms with van der Waals surface area (Å²) in [4.78, 5) is 25.5. The van der Waals surface area contributed by atoms with Crippen LogP contribution in [0.3, 0.4) is 0 Å². The molecule has 1 aromatic heterocycles. The van der Waals surface area contributed by atoms with E-state index in [0.29, 0.717) is 19.9 Å². The second kappa shape index (κ2) is 7.46. The summed E-state index contributed by atoms with van der Waals surface area (Å²) in [6.07, 6.45) is 0. The Labute approximate surface area is 150 Å². The number of thiophene rings is 1. The molecule has 2 amide bonds. The van der Waals surface area contributed by atoms with E-state index in [0.717, 1.165) is 15.8 Å². The van der Waals surface area contributed by atoms with Gasteiger partial charge < -0.3 is 10.2 Å². The number of carbonyl (C=O) groups excluding carboxylic acids is 2. The number of benzene rings is 1. The van der Waals surface area contributed by atoms with E-state index in [2.05, 4.69) is 21.2 Å². The topological polar surface area (TPSA) is 49.4 Å². The van der Waals surface area contributed by atoms with Crippen LogP contribution in [0, 0.1) is 0 Å². The predicted molar refractivity (Wildman–Crippen MR) is 94.1 cm³/mol. The molecule has 0 aliphatic heterocycles. The molecule has 8 heteroatoms. The van der Waals surface area contributed by atoms with Crippen molar-refractivity contribution in [2.24, 2.45) is 0 Å². The highest BCUT2D eigenvalue weighted by molar-refractivity contribution is 9.10. The molecule has 0 radical (unpaired) electrons. The Balaban J connectivity index is 2.01. The number of hydrogen-bond acceptors (Lipinski definition) is 3. The molecule has 1 N–H and O–H groups in total. The monoisotopic (exact) mass is 420 g/mol. The first-order chi connectivity index (χ1) is 10.4. The van der Waals surface area contributed by atoms with E-state index in [1.807, 2.05) is 18.2 Å². The average Bonchev–Trinajstić information content (AvgIpc) is 2.79. The van der Waals surface area contributed by atoms with E-state index < -0.39 is 0 Å². The minimum Gasteiger partial charge on any atom is -0.332 e. The third-order valence-electron chi connectivity index (χ3n) is 2.76. The Hall–Kier alpha value is -1.08. The fourth-order valence-electron chi connectivity index (χ4n) is 1.73. The zero-order chi connectivity index (χ0) is 16.3. The van der Waals surface area contributed by atoms with Crippen molar-refractivity contribution in [2.45, 2.75) is 0 Å². The van der Waals surface area contributed by atoms with Gasteiger partial charge in [-0.15, -0.1) is 11.3 Å². The van der Waals surface area contributed by atoms with Gasteiger partial charge in [-0.3, -0.25) is 9.59 Å². The van der Waals surface area contributed by atoms with Crippen LogP contribution in [0.4, 0.5) is 5.69 Å². The Bertz CT molecular complexity index is 721. The molecule has 22 heavy (non-hydrogen) atoms. The highest BCUT2D eigenvalue weighted by Crippen LogP contribution is 2.31. The first-order valence-corrected chi connectivity index (χ1v) is 8.49. The summed E-state index contributed by atoms with van der Waals surface area (Å²) < 4.78 is 1.51. The second-order valence-corrected chi connectivity index (χ2v) is 7.57. The van der Waals surface area contributed by atoms with Crippen molar-refractivity contribution in [3.05, 3.63) is 49.0 Å². The fraction of sp³-hybridized carbons (Fsp3) is 0.143. The van der Waals surface area contributed by atoms with E-state index in [4.69, 9.17) is 23.2 Å². The zero-order valence-corrected chi connectivity index (χ0v) is 15.3. The summed E-state index contributed by atoms with van der Waals surface area (Å²) in [6.45, 7) is -0.0933. The molecule has 0 unspecified atom stereocenters. The van der Waals surface area contributed by atoms with Gasteiger partial charge in [0.05, 0.1) is 22.1 Å². The molecule has 0 saturated carbocycles. The maximum absolute atomic E-state index is 12.2. The minimum absolute atomic E-state index is 0.0933. The molecule has 0 bridgehead atoms. The van der Waals surface area contributed by atoms with Gasteiger partial charge in [0.15, 0.2) is 0 Å². The fourth-order valence-corrected chi connectivity index (χ4v) is 3.56. The van der Waals surface area contributed by atoms with Crippen LogP contribution in [0.25, 0.3) is 0 Å². The molecule has 0 atom stereocenters. The lowest BCUT2D eigenvalue weighted by atomic mass is 10.3. The number of amides is 2. The van der Waals surface area contributed by atoms with Gasteiger partial charge in [-0.25, -0.2) is 0 Å². The first kappa shape index (κ1) is 17.3. The second-order valence-electron chi connectivity index (χ2n) is 4.43. The predicted octanol–water partition coefficient (Wildman–Crippen LogP) is 4.53. The molecule has 0 fully saturated rings. The van der Waals surface area contributed by atoms with E-state index >= 15 is 0 Å². The summed E-state index contributed by atoms with van der Waals surface area (Å²) in [6, 6.07) is 8.73. The van der Waals surface area contributed by atoms with Crippen molar-refractivity contribution in [3.63, 3.8) is 0 Å². The molecular formula is C14H11BrCl2N2O2S. The molecule has 2 rings (SSSR count). The van der Waals surface area contributed by atoms with Crippen molar-refractivity contribution >= 4 is 68.0 Å². The van der Waals surface area contributed by atoms with Crippen LogP contribution in [0.2, 0.25) is 8.67 Å². The quantitative estimate of drug-likeness (QED) is 0.788. The highest BCUT2D eigenvalue weighted by Gasteiger charge is 2.20. The van der Waals surface area contributed by atoms with E-state index in [1.54, 1.807) is 6.07 Å². The third kappa shape index (κ3) is 4.23. The Morgan fingerprint density at radius 1 is 1.32 bits per heavy atom. The highest BCUT2D eigenvalue weighted by atomic mass is 79.9. The van der Waals surface area contributed by atoms with Crippen LogP contribution in [0.5, 0.6) is 0 Å². The van der Waals surface area contributed by atoms with Gasteiger partial charge in [0.1, 0.15) is 4.34 Å². The van der Waals surface area contributed by atoms with Gasteiger partial charge in [-0.1, -0.05) is 35.3 Å². The average molecular weight is 422 g/mol. The van der Waals surface area contributed by atoms with Crippen LogP contribution >= 0.6 is 50.5 Å². The molecule has 1 aromatic carbocycles. The maximum Gasteiger partial charge on any atom is 0.256 e. The lowest BCUT2D eigenvalue weighted by Gasteiger charge is -2.16. The summed E-state index contributed by atoms with van der Waals surface area (Å²) in [5.74, 6) is -0.657. The van der Waals surface area contributed by atoms with Crippen LogP contribution < -0.4 is 5.32 Å². The standard InChI is InChI=1S/C14H11BrCl2N2O2S/c1-19(14(21)8-6-11(16)22-13(8)17)7-12(20)18-10-5-3-2-4-9(10)15/h2-6H,7H2,1H3,(H,18,20). The van der Waals surface area contributed by atoms with Crippen LogP contribution in [0.1, 0.15) is 10.4 Å². The van der Waals surface area contributed by atoms with Crippen molar-refractivity contribution in [2.75, 3.05) is 18.9 Å². The van der Waals surface area contributed by atoms with Crippen LogP contribution in [-0.4, -0.2) is 30.3 Å². The molecule has 0 aliphatic carbocycles. The van der Waals surface area contributed by atoms with Crippen LogP contribution in [-0.2, 0) is 4.79 Å². The van der Waals surface area contributed by atoms with E-state index in [-0.39, 0.29) is 18.4 Å². The third-order valence-corrected chi connectivity index (χ3v) is 4.94. The smallest absolute Gasteiger partial charge is 0.256 e. The van der Waals surface area contributed by atoms with Gasteiger partial charge >= 0.3 is 0 Å². The SMILES string of the molecule is CN(CC(=O)Nc1ccccc1Br)C(=O)c1cc(Cl)sc1Cl. The van der Waals surface area contributed by atoms with Crippen LogP contribution in [0.15, 0.2) is 34.8 Å². The van der Waals surface area contributed by atoms with E-state index in [1.165, 1.54) is 18.0 Å². The number of rotatable bonds is 4. The van der Waals surface area contributed by atoms with Gasteiger partial charge in [0.2, 0.25) is 5.91 Å². The number of hydrogen-bond donors (Lipinski definition) is 1. The molecule has 2 aromatic rings. The molecular weight excluding hydrogens is 411 g/mol. The molecule has 1 heterocycles. The number of para-hydroxylation sites is 1. The lowest BCUT2D eigenvalue weighted by molar-refractivity contribution is -0.116. The molecule has 0 spiro atoms. The number of halogens is 3. The summed E-state index contributed by atoms with van der Waals surface area (Å²) in [5, 5.41) is 2.73. The van der Waals surface area contributed by atoms with Gasteiger partial charge in [-0.2, -0.15) is 0 Å². The minimum atomic E-state index is -0.351. The molecule has 0 saturated heterocycles. The molecule has 4 nitrogen and oxygen atoms in total. The van der Waals surface area contributed by atoms with Gasteiger partial charge in [0.25, 0.3) is 5.91 Å². The summed E-state index contributed by atoms with van der Waals surface area (Å²) in [7, 11) is 1.53. The normalized spacial score (nSPS) is 10.4. The summed E-state index contributed by atoms with van der Waals surface area (Å²) in [5.41, 5.74) is 0.942. The van der Waals surface area contributed by atoms with E-state index in [9.17, 15) is 9.59 Å². The number of likely N-dealkylation sites (N-methyl/N-ethyl adjacent to an activating group) is 1. The number of nitrogens with zero attached hydrogens (tertiary/aromatic N) is 1. The number of carbonyl (C=O) groups is 2. The zero-order valence-electron chi connectivity index (χ0n) is 11.4. The van der Waals surface area contributed by atoms with Crippen molar-refractivity contribution in [1.29, 1.82) is 0 Å². The number of nitrogens with one attached hydrogen (secondary N) is 1. The largest absolute Gasteiger partial charge is 0.332 e. The Kier molecular flexibility index (Phi) is 5.86. The Morgan fingerprint density at radius 3 is 2.59 bits per heavy atom. The summed E-state index contributed by atoms with van der Waals surface area (Å²) >= 11 is 16.2. The first-order valence-electron chi connectivity index (χ1n) is 6.13. The Morgan fingerprint density at radius 2 is 2.00 bits per heavy atom.